The number of esters is 1. The lowest BCUT2D eigenvalue weighted by Gasteiger charge is -2.28. The number of halogens is 4. The van der Waals surface area contributed by atoms with Crippen molar-refractivity contribution in [3.63, 3.8) is 0 Å². The lowest BCUT2D eigenvalue weighted by atomic mass is 9.83. The van der Waals surface area contributed by atoms with E-state index in [1.54, 1.807) is 0 Å². The van der Waals surface area contributed by atoms with E-state index in [0.717, 1.165) is 95.3 Å². The fourth-order valence-electron chi connectivity index (χ4n) is 8.34. The van der Waals surface area contributed by atoms with Crippen molar-refractivity contribution >= 4 is 74.9 Å². The zero-order valence-corrected chi connectivity index (χ0v) is 36.9. The molecule has 0 unspecified atom stereocenters. The lowest BCUT2D eigenvalue weighted by Crippen LogP contribution is -2.23. The van der Waals surface area contributed by atoms with Crippen LogP contribution < -0.4 is 19.3 Å². The van der Waals surface area contributed by atoms with E-state index in [9.17, 15) is 4.79 Å². The number of carbonyl (C=O) groups is 1. The van der Waals surface area contributed by atoms with Gasteiger partial charge in [0.05, 0.1) is 38.9 Å². The van der Waals surface area contributed by atoms with E-state index in [1.807, 2.05) is 60.7 Å². The summed E-state index contributed by atoms with van der Waals surface area (Å²) in [6.45, 7) is 9.48. The van der Waals surface area contributed by atoms with Crippen LogP contribution in [0.1, 0.15) is 90.5 Å². The summed E-state index contributed by atoms with van der Waals surface area (Å²) < 4.78 is 18.6. The van der Waals surface area contributed by atoms with Crippen LogP contribution in [-0.4, -0.2) is 45.4 Å². The minimum atomic E-state index is -1.62. The first-order valence-electron chi connectivity index (χ1n) is 20.9. The number of hydrogen-bond acceptors (Lipinski definition) is 6. The summed E-state index contributed by atoms with van der Waals surface area (Å²) in [7, 11) is 0. The highest BCUT2D eigenvalue weighted by Crippen LogP contribution is 2.53. The molecule has 0 saturated carbocycles. The molecular weight excluding hydrogens is 834 g/mol. The average molecular weight is 883 g/mol. The van der Waals surface area contributed by atoms with Crippen LogP contribution in [-0.2, 0) is 10.3 Å². The molecule has 5 aromatic carbocycles. The summed E-state index contributed by atoms with van der Waals surface area (Å²) in [4.78, 5) is 19.1. The van der Waals surface area contributed by atoms with Crippen molar-refractivity contribution in [1.82, 2.24) is 0 Å². The lowest BCUT2D eigenvalue weighted by molar-refractivity contribution is 0.0300. The van der Waals surface area contributed by atoms with E-state index in [2.05, 4.69) is 72.2 Å². The van der Waals surface area contributed by atoms with Gasteiger partial charge in [-0.3, -0.25) is 0 Å². The molecular formula is C50H48Cl4N2O4. The van der Waals surface area contributed by atoms with Crippen molar-refractivity contribution < 1.29 is 19.0 Å². The first kappa shape index (κ1) is 42.1. The van der Waals surface area contributed by atoms with Gasteiger partial charge < -0.3 is 24.0 Å². The van der Waals surface area contributed by atoms with Gasteiger partial charge >= 0.3 is 5.97 Å². The minimum absolute atomic E-state index is 0.0106. The van der Waals surface area contributed by atoms with Crippen molar-refractivity contribution in [3.8, 4) is 11.5 Å². The molecule has 6 nitrogen and oxygen atoms in total. The van der Waals surface area contributed by atoms with Gasteiger partial charge in [-0.2, -0.15) is 0 Å². The Morgan fingerprint density at radius 2 is 0.933 bits per heavy atom. The molecule has 3 aliphatic rings. The van der Waals surface area contributed by atoms with Crippen molar-refractivity contribution in [3.05, 3.63) is 163 Å². The standard InChI is InChI=1S/C50H48Cl4N2O4/c1-3-29-58-39-21-13-35(14-22-39)41(33-9-17-37(18-10-33)55-25-5-6-26-55)31-50(44-43(49(57)60-50)45(51)47(53)48(54)46(44)52)32-42(36-15-23-40(24-16-36)59-30-4-2)34-11-19-38(20-12-34)56-27-7-8-28-56/h9-24,31-32H,3-8,25-30H2,1-2H3/b41-31-,42-32-. The summed E-state index contributed by atoms with van der Waals surface area (Å²) in [5, 5.41) is 0.0918. The van der Waals surface area contributed by atoms with Crippen LogP contribution in [0.4, 0.5) is 11.4 Å². The third kappa shape index (κ3) is 8.63. The third-order valence-electron chi connectivity index (χ3n) is 11.4. The van der Waals surface area contributed by atoms with Gasteiger partial charge in [0.1, 0.15) is 11.5 Å². The number of nitrogens with zero attached hydrogens (tertiary/aromatic N) is 2. The van der Waals surface area contributed by atoms with Gasteiger partial charge in [-0.15, -0.1) is 0 Å². The van der Waals surface area contributed by atoms with Gasteiger partial charge in [-0.05, 0) is 133 Å². The predicted molar refractivity (Wildman–Crippen MR) is 248 cm³/mol. The fourth-order valence-corrected chi connectivity index (χ4v) is 9.42. The molecule has 0 atom stereocenters. The van der Waals surface area contributed by atoms with Crippen molar-refractivity contribution in [2.75, 3.05) is 49.2 Å². The number of anilines is 2. The van der Waals surface area contributed by atoms with E-state index in [-0.39, 0.29) is 25.7 Å². The van der Waals surface area contributed by atoms with E-state index in [0.29, 0.717) is 18.8 Å². The Kier molecular flexibility index (Phi) is 13.0. The van der Waals surface area contributed by atoms with Crippen LogP contribution in [0.2, 0.25) is 20.1 Å². The molecule has 310 valence electrons. The molecule has 2 saturated heterocycles. The van der Waals surface area contributed by atoms with Crippen LogP contribution in [0.3, 0.4) is 0 Å². The Hall–Kier alpha value is -4.59. The molecule has 2 fully saturated rings. The van der Waals surface area contributed by atoms with Crippen LogP contribution in [0.5, 0.6) is 11.5 Å². The first-order valence-corrected chi connectivity index (χ1v) is 22.4. The summed E-state index contributed by atoms with van der Waals surface area (Å²) in [5.41, 5.74) is 6.26. The van der Waals surface area contributed by atoms with Crippen LogP contribution in [0.15, 0.2) is 109 Å². The van der Waals surface area contributed by atoms with Crippen molar-refractivity contribution in [1.29, 1.82) is 0 Å². The number of carbonyl (C=O) groups excluding carboxylic acids is 1. The smallest absolute Gasteiger partial charge is 0.341 e. The Morgan fingerprint density at radius 1 is 0.567 bits per heavy atom. The second-order valence-electron chi connectivity index (χ2n) is 15.5. The molecule has 3 heterocycles. The van der Waals surface area contributed by atoms with Crippen molar-refractivity contribution in [2.45, 2.75) is 58.0 Å². The molecule has 60 heavy (non-hydrogen) atoms. The monoisotopic (exact) mass is 880 g/mol. The maximum Gasteiger partial charge on any atom is 0.341 e. The normalized spacial score (nSPS) is 16.3. The van der Waals surface area contributed by atoms with Gasteiger partial charge in [0.25, 0.3) is 0 Å². The van der Waals surface area contributed by atoms with E-state index in [1.165, 1.54) is 25.7 Å². The molecule has 10 heteroatoms. The van der Waals surface area contributed by atoms with Crippen LogP contribution >= 0.6 is 46.4 Å². The highest BCUT2D eigenvalue weighted by atomic mass is 35.5. The number of hydrogen-bond donors (Lipinski definition) is 0. The Balaban J connectivity index is 1.38. The largest absolute Gasteiger partial charge is 0.494 e. The molecule has 0 spiro atoms. The average Bonchev–Trinajstić information content (AvgIpc) is 4.08. The highest BCUT2D eigenvalue weighted by molar-refractivity contribution is 6.53. The Bertz CT molecular complexity index is 2260. The van der Waals surface area contributed by atoms with Crippen molar-refractivity contribution in [2.24, 2.45) is 0 Å². The second-order valence-corrected chi connectivity index (χ2v) is 17.0. The number of ether oxygens (including phenoxy) is 3. The molecule has 0 radical (unpaired) electrons. The molecule has 5 aromatic rings. The summed E-state index contributed by atoms with van der Waals surface area (Å²) >= 11 is 27.6. The van der Waals surface area contributed by atoms with Gasteiger partial charge in [-0.1, -0.05) is 109 Å². The fraction of sp³-hybridized carbons (Fsp3) is 0.300. The van der Waals surface area contributed by atoms with Gasteiger partial charge in [-0.25, -0.2) is 4.79 Å². The van der Waals surface area contributed by atoms with E-state index in [4.69, 9.17) is 60.6 Å². The quantitative estimate of drug-likeness (QED) is 0.0629. The predicted octanol–water partition coefficient (Wildman–Crippen LogP) is 13.7. The maximum atomic E-state index is 14.3. The minimum Gasteiger partial charge on any atom is -0.494 e. The Morgan fingerprint density at radius 3 is 1.32 bits per heavy atom. The first-order chi connectivity index (χ1) is 29.2. The van der Waals surface area contributed by atoms with Crippen LogP contribution in [0, 0.1) is 0 Å². The number of benzene rings is 5. The molecule has 0 aliphatic carbocycles. The van der Waals surface area contributed by atoms with Gasteiger partial charge in [0.2, 0.25) is 0 Å². The molecule has 8 rings (SSSR count). The molecule has 0 bridgehead atoms. The van der Waals surface area contributed by atoms with Gasteiger partial charge in [0, 0.05) is 43.1 Å². The molecule has 3 aliphatic heterocycles. The third-order valence-corrected chi connectivity index (χ3v) is 13.2. The molecule has 0 N–H and O–H groups in total. The number of fused-ring (bicyclic) bond motifs is 1. The van der Waals surface area contributed by atoms with Crippen LogP contribution in [0.25, 0.3) is 11.1 Å². The van der Waals surface area contributed by atoms with E-state index < -0.39 is 11.6 Å². The van der Waals surface area contributed by atoms with Gasteiger partial charge in [0.15, 0.2) is 5.60 Å². The zero-order valence-electron chi connectivity index (χ0n) is 33.9. The topological polar surface area (TPSA) is 51.2 Å². The number of rotatable bonds is 14. The molecule has 0 amide bonds. The highest BCUT2D eigenvalue weighted by Gasteiger charge is 2.48. The zero-order chi connectivity index (χ0) is 41.8. The SMILES string of the molecule is CCCOc1ccc(/C(=C\C2(/C=C(\c3ccc(OCCC)cc3)c3ccc(N4CCCC4)cc3)OC(=O)c3c(Cl)c(Cl)c(Cl)c(Cl)c32)c2ccc(N3CCCC3)cc2)cc1. The molecule has 0 aromatic heterocycles. The summed E-state index contributed by atoms with van der Waals surface area (Å²) in [6.07, 6.45) is 10.4. The summed E-state index contributed by atoms with van der Waals surface area (Å²) in [5.74, 6) is 0.861. The number of cyclic esters (lactones) is 1. The Labute approximate surface area is 373 Å². The second kappa shape index (κ2) is 18.6. The van der Waals surface area contributed by atoms with E-state index >= 15 is 0 Å². The summed E-state index contributed by atoms with van der Waals surface area (Å²) in [6, 6.07) is 33.0. The maximum absolute atomic E-state index is 14.3.